The zero-order valence-corrected chi connectivity index (χ0v) is 23.5. The summed E-state index contributed by atoms with van der Waals surface area (Å²) in [6.07, 6.45) is 0.388. The van der Waals surface area contributed by atoms with Gasteiger partial charge in [-0.15, -0.1) is 0 Å². The van der Waals surface area contributed by atoms with E-state index in [4.69, 9.17) is 9.47 Å². The number of aliphatic hydroxyl groups is 1. The van der Waals surface area contributed by atoms with Crippen molar-refractivity contribution >= 4 is 11.6 Å². The van der Waals surface area contributed by atoms with Crippen LogP contribution in [0.3, 0.4) is 0 Å². The Bertz CT molecular complexity index is 1760. The summed E-state index contributed by atoms with van der Waals surface area (Å²) in [6.45, 7) is 0.0955. The number of hydrogen-bond acceptors (Lipinski definition) is 6. The van der Waals surface area contributed by atoms with Crippen molar-refractivity contribution in [2.75, 3.05) is 19.0 Å². The number of ether oxygens (including phenoxy) is 3. The Morgan fingerprint density at radius 1 is 1.14 bits per heavy atom. The molecule has 1 amide bonds. The molecule has 0 spiro atoms. The van der Waals surface area contributed by atoms with Gasteiger partial charge >= 0.3 is 18.0 Å². The number of aromatic nitrogens is 3. The van der Waals surface area contributed by atoms with Crippen LogP contribution in [0.25, 0.3) is 17.1 Å². The number of alkyl halides is 2. The first-order valence-corrected chi connectivity index (χ1v) is 13.0. The molecule has 2 N–H and O–H groups in total. The van der Waals surface area contributed by atoms with Crippen molar-refractivity contribution in [2.45, 2.75) is 32.6 Å². The fraction of sp³-hybridized carbons (Fsp3) is 0.276. The molecule has 2 aromatic heterocycles. The van der Waals surface area contributed by atoms with Crippen LogP contribution in [0.1, 0.15) is 29.8 Å². The summed E-state index contributed by atoms with van der Waals surface area (Å²) in [5.41, 5.74) is -3.40. The van der Waals surface area contributed by atoms with Gasteiger partial charge in [-0.05, 0) is 36.8 Å². The molecule has 0 radical (unpaired) electrons. The van der Waals surface area contributed by atoms with Crippen molar-refractivity contribution in [3.63, 3.8) is 0 Å². The SMILES string of the molecule is CCc1ccc2[n+](c1-n1c(=O)c(NC(=O)c3ccc(OC(F)F)cc3)c(-c3c(F)cc(OC)cc3F)n1C)C(C)(O)CO2. The van der Waals surface area contributed by atoms with E-state index in [1.54, 1.807) is 12.1 Å². The molecule has 0 saturated heterocycles. The van der Waals surface area contributed by atoms with Crippen molar-refractivity contribution in [3.05, 3.63) is 81.6 Å². The van der Waals surface area contributed by atoms with E-state index >= 15 is 8.78 Å². The van der Waals surface area contributed by atoms with Crippen LogP contribution in [0.4, 0.5) is 23.2 Å². The zero-order valence-electron chi connectivity index (χ0n) is 23.5. The number of fused-ring (bicyclic) bond motifs is 1. The smallest absolute Gasteiger partial charge is 0.387 e. The van der Waals surface area contributed by atoms with E-state index in [9.17, 15) is 23.5 Å². The highest BCUT2D eigenvalue weighted by molar-refractivity contribution is 6.06. The van der Waals surface area contributed by atoms with Gasteiger partial charge in [0.25, 0.3) is 11.8 Å². The van der Waals surface area contributed by atoms with Crippen LogP contribution in [0.5, 0.6) is 17.4 Å². The summed E-state index contributed by atoms with van der Waals surface area (Å²) in [6, 6.07) is 9.82. The van der Waals surface area contributed by atoms with Gasteiger partial charge in [0.05, 0.1) is 12.7 Å². The van der Waals surface area contributed by atoms with Crippen LogP contribution in [-0.4, -0.2) is 40.7 Å². The number of rotatable bonds is 8. The third-order valence-corrected chi connectivity index (χ3v) is 7.04. The molecule has 14 heteroatoms. The number of methoxy groups -OCH3 is 1. The molecule has 0 bridgehead atoms. The molecular formula is C29H27F4N4O6+. The third kappa shape index (κ3) is 5.18. The first-order valence-electron chi connectivity index (χ1n) is 13.0. The van der Waals surface area contributed by atoms with E-state index in [-0.39, 0.29) is 41.1 Å². The van der Waals surface area contributed by atoms with Crippen LogP contribution < -0.4 is 29.7 Å². The largest absolute Gasteiger partial charge is 0.497 e. The Hall–Kier alpha value is -4.85. The molecule has 1 aliphatic heterocycles. The van der Waals surface area contributed by atoms with Gasteiger partial charge in [-0.1, -0.05) is 11.6 Å². The Balaban J connectivity index is 1.75. The molecule has 5 rings (SSSR count). The number of nitrogens with zero attached hydrogens (tertiary/aromatic N) is 3. The van der Waals surface area contributed by atoms with Gasteiger partial charge in [0.2, 0.25) is 5.72 Å². The third-order valence-electron chi connectivity index (χ3n) is 7.04. The predicted octanol–water partition coefficient (Wildman–Crippen LogP) is 3.89. The first kappa shape index (κ1) is 29.6. The maximum absolute atomic E-state index is 15.5. The van der Waals surface area contributed by atoms with Gasteiger partial charge in [-0.3, -0.25) is 4.79 Å². The van der Waals surface area contributed by atoms with Gasteiger partial charge < -0.3 is 24.6 Å². The highest BCUT2D eigenvalue weighted by Crippen LogP contribution is 2.35. The molecule has 1 unspecified atom stereocenters. The fourth-order valence-electron chi connectivity index (χ4n) is 5.04. The Morgan fingerprint density at radius 2 is 1.79 bits per heavy atom. The lowest BCUT2D eigenvalue weighted by molar-refractivity contribution is -0.779. The quantitative estimate of drug-likeness (QED) is 0.234. The van der Waals surface area contributed by atoms with Crippen molar-refractivity contribution in [1.82, 2.24) is 9.36 Å². The number of carbonyl (C=O) groups excluding carboxylic acids is 1. The normalized spacial score (nSPS) is 15.8. The van der Waals surface area contributed by atoms with Crippen molar-refractivity contribution in [3.8, 4) is 34.5 Å². The number of aryl methyl sites for hydroxylation is 1. The fourth-order valence-corrected chi connectivity index (χ4v) is 5.04. The summed E-state index contributed by atoms with van der Waals surface area (Å²) in [5.74, 6) is -2.95. The second-order valence-corrected chi connectivity index (χ2v) is 9.90. The number of carbonyl (C=O) groups is 1. The van der Waals surface area contributed by atoms with Gasteiger partial charge in [0.1, 0.15) is 28.8 Å². The number of pyridine rings is 1. The highest BCUT2D eigenvalue weighted by atomic mass is 19.3. The van der Waals surface area contributed by atoms with Crippen LogP contribution >= 0.6 is 0 Å². The number of anilines is 1. The average molecular weight is 604 g/mol. The molecule has 4 aromatic rings. The number of nitrogens with one attached hydrogen (secondary N) is 1. The summed E-state index contributed by atoms with van der Waals surface area (Å²) >= 11 is 0. The van der Waals surface area contributed by atoms with Crippen LogP contribution in [0, 0.1) is 11.6 Å². The molecule has 0 fully saturated rings. The van der Waals surface area contributed by atoms with E-state index in [0.29, 0.717) is 12.0 Å². The van der Waals surface area contributed by atoms with Crippen molar-refractivity contribution < 1.29 is 46.2 Å². The topological polar surface area (TPSA) is 108 Å². The Labute approximate surface area is 242 Å². The van der Waals surface area contributed by atoms with E-state index in [1.807, 2.05) is 6.92 Å². The summed E-state index contributed by atoms with van der Waals surface area (Å²) in [5, 5.41) is 13.6. The summed E-state index contributed by atoms with van der Waals surface area (Å²) in [7, 11) is 2.60. The molecule has 10 nitrogen and oxygen atoms in total. The lowest BCUT2D eigenvalue weighted by Gasteiger charge is -2.17. The molecule has 3 heterocycles. The van der Waals surface area contributed by atoms with Gasteiger partial charge in [-0.25, -0.2) is 18.3 Å². The Morgan fingerprint density at radius 3 is 2.37 bits per heavy atom. The summed E-state index contributed by atoms with van der Waals surface area (Å²) < 4.78 is 74.6. The van der Waals surface area contributed by atoms with Crippen LogP contribution in [0.2, 0.25) is 0 Å². The van der Waals surface area contributed by atoms with Gasteiger partial charge in [0.15, 0.2) is 12.3 Å². The molecule has 43 heavy (non-hydrogen) atoms. The lowest BCUT2D eigenvalue weighted by atomic mass is 10.1. The van der Waals surface area contributed by atoms with E-state index < -0.39 is 46.7 Å². The molecule has 2 aromatic carbocycles. The molecule has 1 aliphatic rings. The number of halogens is 4. The molecular weight excluding hydrogens is 576 g/mol. The van der Waals surface area contributed by atoms with Crippen molar-refractivity contribution in [2.24, 2.45) is 7.05 Å². The number of benzene rings is 2. The minimum absolute atomic E-state index is 0.0568. The highest BCUT2D eigenvalue weighted by Gasteiger charge is 2.45. The molecule has 0 saturated carbocycles. The van der Waals surface area contributed by atoms with Crippen LogP contribution in [-0.2, 0) is 19.2 Å². The minimum Gasteiger partial charge on any atom is -0.497 e. The second kappa shape index (κ2) is 11.1. The maximum Gasteiger partial charge on any atom is 0.387 e. The molecule has 226 valence electrons. The molecule has 0 aliphatic carbocycles. The van der Waals surface area contributed by atoms with E-state index in [2.05, 4.69) is 10.1 Å². The Kier molecular flexibility index (Phi) is 7.65. The van der Waals surface area contributed by atoms with E-state index in [1.165, 1.54) is 42.5 Å². The standard InChI is InChI=1S/C29H26F4N4O6/c1-5-15-8-11-21-36(29(2,40)14-42-21)26(15)37-27(39)23(34-25(38)16-6-9-17(10-7-16)43-28(32)33)24(35(37)3)22-19(30)12-18(41-4)13-20(22)31/h6-13,28,40H,5,14H2,1-4H3/p+1. The van der Waals surface area contributed by atoms with E-state index in [0.717, 1.165) is 28.9 Å². The predicted molar refractivity (Wildman–Crippen MR) is 145 cm³/mol. The van der Waals surface area contributed by atoms with Gasteiger partial charge in [0, 0.05) is 43.3 Å². The first-order chi connectivity index (χ1) is 20.4. The maximum atomic E-state index is 15.5. The number of amides is 1. The average Bonchev–Trinajstić information content (AvgIpc) is 3.39. The van der Waals surface area contributed by atoms with Gasteiger partial charge in [-0.2, -0.15) is 13.3 Å². The second-order valence-electron chi connectivity index (χ2n) is 9.90. The monoisotopic (exact) mass is 603 g/mol. The molecule has 1 atom stereocenters. The number of hydrogen-bond donors (Lipinski definition) is 2. The summed E-state index contributed by atoms with van der Waals surface area (Å²) in [4.78, 5) is 27.5. The van der Waals surface area contributed by atoms with Crippen molar-refractivity contribution in [1.29, 1.82) is 0 Å². The van der Waals surface area contributed by atoms with Crippen LogP contribution in [0.15, 0.2) is 53.3 Å². The minimum atomic E-state index is -3.07. The lowest BCUT2D eigenvalue weighted by Crippen LogP contribution is -2.56. The zero-order chi connectivity index (χ0) is 31.2.